The number of ketones is 1. The van der Waals surface area contributed by atoms with Gasteiger partial charge in [-0.15, -0.1) is 20.2 Å². The number of rotatable bonds is 10. The Morgan fingerprint density at radius 2 is 1.38 bits per heavy atom. The number of ether oxygens (including phenoxy) is 1. The molecule has 0 spiro atoms. The second kappa shape index (κ2) is 7.51. The Hall–Kier alpha value is -3.06. The topological polar surface area (TPSA) is 191 Å². The first kappa shape index (κ1) is 17.9. The highest BCUT2D eigenvalue weighted by atomic mass is 17.0. The second-order valence-corrected chi connectivity index (χ2v) is 3.61. The van der Waals surface area contributed by atoms with Crippen molar-refractivity contribution in [1.82, 2.24) is 0 Å². The Morgan fingerprint density at radius 3 is 1.67 bits per heavy atom. The van der Waals surface area contributed by atoms with Crippen molar-refractivity contribution in [3.8, 4) is 0 Å². The number of Topliss-reactive ketones (excluding diaryl/α,β-unsaturated/α-hetero) is 1. The highest BCUT2D eigenvalue weighted by molar-refractivity contribution is 6.32. The number of carbonyl (C=O) groups excluding carboxylic acids is 2. The number of nitro groups is 1. The van der Waals surface area contributed by atoms with Crippen LogP contribution in [0.25, 0.3) is 0 Å². The first-order valence-corrected chi connectivity index (χ1v) is 4.97. The molecule has 14 nitrogen and oxygen atoms in total. The van der Waals surface area contributed by atoms with E-state index in [1.54, 1.807) is 0 Å². The predicted molar refractivity (Wildman–Crippen MR) is 57.3 cm³/mol. The third-order valence-corrected chi connectivity index (χ3v) is 2.02. The van der Waals surface area contributed by atoms with E-state index in [4.69, 9.17) is 0 Å². The fraction of sp³-hybridized carbons (Fsp3) is 0.714. The van der Waals surface area contributed by atoms with Gasteiger partial charge in [0.25, 0.3) is 10.2 Å². The third-order valence-electron chi connectivity index (χ3n) is 2.02. The average Bonchev–Trinajstić information content (AvgIpc) is 2.36. The molecule has 0 rings (SSSR count). The van der Waals surface area contributed by atoms with Crippen LogP contribution in [0.15, 0.2) is 0 Å². The maximum Gasteiger partial charge on any atom is 0.374 e. The lowest BCUT2D eigenvalue weighted by Gasteiger charge is -2.22. The molecule has 21 heavy (non-hydrogen) atoms. The van der Waals surface area contributed by atoms with E-state index in [9.17, 15) is 39.9 Å². The van der Waals surface area contributed by atoms with Gasteiger partial charge in [0.15, 0.2) is 19.8 Å². The summed E-state index contributed by atoms with van der Waals surface area (Å²) in [5.74, 6) is -2.54. The SMILES string of the molecule is CC(=O)C(=O)OCC(CO[N+](=O)[O-])(CO[N+](=O)[O-])[N+](=O)[O-]. The summed E-state index contributed by atoms with van der Waals surface area (Å²) < 4.78 is 4.26. The van der Waals surface area contributed by atoms with Crippen molar-refractivity contribution in [3.05, 3.63) is 30.3 Å². The molecule has 0 saturated heterocycles. The van der Waals surface area contributed by atoms with Crippen LogP contribution in [0, 0.1) is 30.3 Å². The highest BCUT2D eigenvalue weighted by Gasteiger charge is 2.48. The molecule has 0 N–H and O–H groups in total. The molecule has 0 aliphatic rings. The maximum absolute atomic E-state index is 11.0. The Kier molecular flexibility index (Phi) is 6.42. The van der Waals surface area contributed by atoms with E-state index < -0.39 is 52.2 Å². The van der Waals surface area contributed by atoms with Crippen molar-refractivity contribution >= 4 is 11.8 Å². The molecule has 0 fully saturated rings. The molecule has 0 aromatic heterocycles. The van der Waals surface area contributed by atoms with Gasteiger partial charge < -0.3 is 14.4 Å². The fourth-order valence-electron chi connectivity index (χ4n) is 0.930. The lowest BCUT2D eigenvalue weighted by molar-refractivity contribution is -0.788. The normalized spacial score (nSPS) is 10.3. The van der Waals surface area contributed by atoms with Gasteiger partial charge in [-0.25, -0.2) is 4.79 Å². The predicted octanol–water partition coefficient (Wildman–Crippen LogP) is -1.45. The standard InChI is InChI=1S/C7H9N3O11/c1-5(11)6(12)19-2-7(8(13)14,3-20-9(15)16)4-21-10(17)18/h2-4H2,1H3. The van der Waals surface area contributed by atoms with Gasteiger partial charge in [-0.1, -0.05) is 0 Å². The van der Waals surface area contributed by atoms with Gasteiger partial charge in [-0.3, -0.25) is 14.9 Å². The minimum atomic E-state index is -2.62. The first-order chi connectivity index (χ1) is 9.60. The summed E-state index contributed by atoms with van der Waals surface area (Å²) in [6, 6.07) is 0. The molecule has 0 aliphatic carbocycles. The third kappa shape index (κ3) is 6.08. The zero-order valence-electron chi connectivity index (χ0n) is 10.5. The van der Waals surface area contributed by atoms with Gasteiger partial charge in [0.05, 0.1) is 0 Å². The van der Waals surface area contributed by atoms with Crippen molar-refractivity contribution < 1.29 is 39.1 Å². The van der Waals surface area contributed by atoms with Gasteiger partial charge in [0.1, 0.15) is 0 Å². The van der Waals surface area contributed by atoms with Crippen LogP contribution in [0.3, 0.4) is 0 Å². The van der Waals surface area contributed by atoms with E-state index in [-0.39, 0.29) is 0 Å². The van der Waals surface area contributed by atoms with Crippen LogP contribution in [-0.4, -0.2) is 52.2 Å². The monoisotopic (exact) mass is 311 g/mol. The Bertz CT molecular complexity index is 443. The molecule has 0 aromatic carbocycles. The molecule has 0 amide bonds. The van der Waals surface area contributed by atoms with E-state index >= 15 is 0 Å². The smallest absolute Gasteiger partial charge is 0.374 e. The fourth-order valence-corrected chi connectivity index (χ4v) is 0.930. The van der Waals surface area contributed by atoms with Crippen LogP contribution in [-0.2, 0) is 24.0 Å². The van der Waals surface area contributed by atoms with E-state index in [1.807, 2.05) is 0 Å². The Labute approximate surface area is 114 Å². The molecule has 0 atom stereocenters. The number of hydrogen-bond donors (Lipinski definition) is 0. The molecule has 0 aromatic rings. The number of esters is 1. The van der Waals surface area contributed by atoms with Crippen LogP contribution >= 0.6 is 0 Å². The van der Waals surface area contributed by atoms with Crippen LogP contribution in [0.5, 0.6) is 0 Å². The summed E-state index contributed by atoms with van der Waals surface area (Å²) in [4.78, 5) is 59.1. The number of nitrogens with zero attached hydrogens (tertiary/aromatic N) is 3. The van der Waals surface area contributed by atoms with E-state index in [1.165, 1.54) is 0 Å². The van der Waals surface area contributed by atoms with Crippen molar-refractivity contribution in [2.75, 3.05) is 19.8 Å². The van der Waals surface area contributed by atoms with Crippen LogP contribution in [0.1, 0.15) is 6.92 Å². The van der Waals surface area contributed by atoms with Crippen molar-refractivity contribution in [1.29, 1.82) is 0 Å². The largest absolute Gasteiger partial charge is 0.452 e. The summed E-state index contributed by atoms with van der Waals surface area (Å²) in [6.45, 7) is -2.95. The molecule has 0 radical (unpaired) electrons. The lowest BCUT2D eigenvalue weighted by Crippen LogP contribution is -2.52. The van der Waals surface area contributed by atoms with E-state index in [0.29, 0.717) is 0 Å². The minimum Gasteiger partial charge on any atom is -0.452 e. The van der Waals surface area contributed by atoms with Gasteiger partial charge in [0, 0.05) is 11.8 Å². The molecule has 0 heterocycles. The minimum absolute atomic E-state index is 0.817. The maximum atomic E-state index is 11.0. The first-order valence-electron chi connectivity index (χ1n) is 4.97. The van der Waals surface area contributed by atoms with Gasteiger partial charge in [-0.2, -0.15) is 0 Å². The molecule has 0 unspecified atom stereocenters. The molecular formula is C7H9N3O11. The van der Waals surface area contributed by atoms with Crippen LogP contribution < -0.4 is 0 Å². The lowest BCUT2D eigenvalue weighted by atomic mass is 10.1. The van der Waals surface area contributed by atoms with Crippen molar-refractivity contribution in [3.63, 3.8) is 0 Å². The number of hydrogen-bond acceptors (Lipinski definition) is 11. The van der Waals surface area contributed by atoms with Crippen LogP contribution in [0.2, 0.25) is 0 Å². The quantitative estimate of drug-likeness (QED) is 0.198. The second-order valence-electron chi connectivity index (χ2n) is 3.61. The van der Waals surface area contributed by atoms with E-state index in [2.05, 4.69) is 14.4 Å². The Balaban J connectivity index is 5.10. The summed E-state index contributed by atoms with van der Waals surface area (Å²) >= 11 is 0. The molecule has 0 saturated carbocycles. The molecule has 14 heteroatoms. The highest BCUT2D eigenvalue weighted by Crippen LogP contribution is 2.14. The summed E-state index contributed by atoms with van der Waals surface area (Å²) in [7, 11) is 0. The van der Waals surface area contributed by atoms with Crippen LogP contribution in [0.4, 0.5) is 0 Å². The molecule has 0 aliphatic heterocycles. The van der Waals surface area contributed by atoms with Crippen molar-refractivity contribution in [2.45, 2.75) is 12.5 Å². The Morgan fingerprint density at radius 1 is 0.952 bits per heavy atom. The summed E-state index contributed by atoms with van der Waals surface area (Å²) in [6.07, 6.45) is 0. The van der Waals surface area contributed by atoms with E-state index in [0.717, 1.165) is 6.92 Å². The molecule has 118 valence electrons. The molecule has 0 bridgehead atoms. The van der Waals surface area contributed by atoms with Gasteiger partial charge in [-0.05, 0) is 0 Å². The zero-order chi connectivity index (χ0) is 16.6. The zero-order valence-corrected chi connectivity index (χ0v) is 10.5. The summed E-state index contributed by atoms with van der Waals surface area (Å²) in [5.41, 5.74) is -2.62. The average molecular weight is 311 g/mol. The van der Waals surface area contributed by atoms with Gasteiger partial charge in [0.2, 0.25) is 5.78 Å². The van der Waals surface area contributed by atoms with Crippen molar-refractivity contribution in [2.24, 2.45) is 0 Å². The summed E-state index contributed by atoms with van der Waals surface area (Å²) in [5, 5.41) is 28.4. The molecular weight excluding hydrogens is 302 g/mol. The van der Waals surface area contributed by atoms with Gasteiger partial charge >= 0.3 is 11.5 Å². The number of carbonyl (C=O) groups is 2.